The van der Waals surface area contributed by atoms with Crippen LogP contribution in [0, 0.1) is 0 Å². The number of ether oxygens (including phenoxy) is 5. The van der Waals surface area contributed by atoms with Crippen LogP contribution in [-0.2, 0) is 42.9 Å². The van der Waals surface area contributed by atoms with Crippen molar-refractivity contribution in [3.8, 4) is 0 Å². The molecule has 1 fully saturated rings. The van der Waals surface area contributed by atoms with Crippen molar-refractivity contribution < 1.29 is 42.9 Å². The SMILES string of the molecule is CC(=O)OC[C@H]1O[C@@H](SC2Nc3ccccc3C(=S)N2c2ccccc2)[C@H](OC(C)=O)[C@@H](OC(C)=O)[C@@H]1OC(C)=O. The van der Waals surface area contributed by atoms with E-state index in [4.69, 9.17) is 35.9 Å². The lowest BCUT2D eigenvalue weighted by molar-refractivity contribution is -0.237. The van der Waals surface area contributed by atoms with Gasteiger partial charge in [0.2, 0.25) is 0 Å². The first-order valence-electron chi connectivity index (χ1n) is 12.7. The van der Waals surface area contributed by atoms with Gasteiger partial charge in [0, 0.05) is 44.6 Å². The van der Waals surface area contributed by atoms with Gasteiger partial charge in [0.15, 0.2) is 23.8 Å². The molecule has 2 aromatic carbocycles. The molecule has 0 spiro atoms. The highest BCUT2D eigenvalue weighted by molar-refractivity contribution is 8.00. The van der Waals surface area contributed by atoms with Gasteiger partial charge in [0.05, 0.1) is 0 Å². The highest BCUT2D eigenvalue weighted by Crippen LogP contribution is 2.41. The molecule has 0 radical (unpaired) electrons. The van der Waals surface area contributed by atoms with Crippen LogP contribution < -0.4 is 10.2 Å². The third-order valence-corrected chi connectivity index (χ3v) is 7.79. The molecule has 4 rings (SSSR count). The zero-order chi connectivity index (χ0) is 29.7. The van der Waals surface area contributed by atoms with Gasteiger partial charge in [-0.2, -0.15) is 0 Å². The molecule has 2 heterocycles. The molecule has 0 bridgehead atoms. The van der Waals surface area contributed by atoms with Crippen LogP contribution in [0.2, 0.25) is 0 Å². The molecule has 218 valence electrons. The number of nitrogens with one attached hydrogen (secondary N) is 1. The fourth-order valence-corrected chi connectivity index (χ4v) is 6.42. The van der Waals surface area contributed by atoms with Gasteiger partial charge in [-0.3, -0.25) is 19.2 Å². The monoisotopic (exact) mass is 602 g/mol. The average molecular weight is 603 g/mol. The number of esters is 4. The summed E-state index contributed by atoms with van der Waals surface area (Å²) in [5, 5.41) is 3.46. The summed E-state index contributed by atoms with van der Waals surface area (Å²) in [6.45, 7) is 4.49. The van der Waals surface area contributed by atoms with E-state index in [1.165, 1.54) is 39.5 Å². The Morgan fingerprint density at radius 1 is 0.829 bits per heavy atom. The van der Waals surface area contributed by atoms with Crippen molar-refractivity contribution in [2.45, 2.75) is 63.0 Å². The first-order chi connectivity index (χ1) is 19.5. The number of hydrogen-bond acceptors (Lipinski definition) is 12. The van der Waals surface area contributed by atoms with Crippen molar-refractivity contribution >= 4 is 64.2 Å². The number of carbonyl (C=O) groups is 4. The predicted molar refractivity (Wildman–Crippen MR) is 154 cm³/mol. The normalized spacial score (nSPS) is 25.3. The number of benzene rings is 2. The average Bonchev–Trinajstić information content (AvgIpc) is 2.91. The van der Waals surface area contributed by atoms with E-state index in [2.05, 4.69) is 5.32 Å². The van der Waals surface area contributed by atoms with Gasteiger partial charge in [0.1, 0.15) is 23.1 Å². The van der Waals surface area contributed by atoms with Gasteiger partial charge >= 0.3 is 23.9 Å². The second-order valence-electron chi connectivity index (χ2n) is 9.26. The molecule has 6 atom stereocenters. The highest BCUT2D eigenvalue weighted by atomic mass is 32.2. The Labute approximate surface area is 246 Å². The Kier molecular flexibility index (Phi) is 9.84. The molecule has 0 aromatic heterocycles. The number of rotatable bonds is 8. The molecule has 0 saturated carbocycles. The van der Waals surface area contributed by atoms with Gasteiger partial charge in [-0.25, -0.2) is 0 Å². The summed E-state index contributed by atoms with van der Waals surface area (Å²) in [5.41, 5.74) is 0.827. The van der Waals surface area contributed by atoms with Gasteiger partial charge < -0.3 is 33.9 Å². The maximum Gasteiger partial charge on any atom is 0.303 e. The summed E-state index contributed by atoms with van der Waals surface area (Å²) < 4.78 is 28.2. The number of nitrogens with zero attached hydrogens (tertiary/aromatic N) is 1. The van der Waals surface area contributed by atoms with Gasteiger partial charge in [-0.15, -0.1) is 0 Å². The number of thioether (sulfide) groups is 1. The number of para-hydroxylation sites is 2. The molecule has 41 heavy (non-hydrogen) atoms. The number of anilines is 2. The quantitative estimate of drug-likeness (QED) is 0.269. The molecule has 2 aliphatic heterocycles. The standard InChI is InChI=1S/C28H30N2O9S2/c1-15(31)35-14-22-23(36-16(2)32)24(37-17(3)33)25(38-18(4)34)27(39-22)41-28-29-21-13-9-8-12-20(21)26(40)30(28)19-10-6-5-7-11-19/h5-13,22-25,27-29H,14H2,1-4H3/t22-,23-,24+,25-,27+,28?/m1/s1. The second kappa shape index (κ2) is 13.3. The minimum Gasteiger partial charge on any atom is -0.463 e. The van der Waals surface area contributed by atoms with Crippen molar-refractivity contribution in [1.82, 2.24) is 0 Å². The van der Waals surface area contributed by atoms with Crippen LogP contribution in [0.4, 0.5) is 11.4 Å². The van der Waals surface area contributed by atoms with Crippen LogP contribution >= 0.6 is 24.0 Å². The van der Waals surface area contributed by atoms with E-state index >= 15 is 0 Å². The van der Waals surface area contributed by atoms with E-state index in [-0.39, 0.29) is 6.61 Å². The molecule has 2 aliphatic rings. The third-order valence-electron chi connectivity index (χ3n) is 6.14. The van der Waals surface area contributed by atoms with Crippen LogP contribution in [0.3, 0.4) is 0 Å². The predicted octanol–water partition coefficient (Wildman–Crippen LogP) is 3.39. The maximum absolute atomic E-state index is 12.3. The Hall–Kier alpha value is -3.68. The molecule has 0 amide bonds. The molecule has 1 N–H and O–H groups in total. The smallest absolute Gasteiger partial charge is 0.303 e. The van der Waals surface area contributed by atoms with Crippen molar-refractivity contribution in [1.29, 1.82) is 0 Å². The van der Waals surface area contributed by atoms with Crippen molar-refractivity contribution in [3.63, 3.8) is 0 Å². The second-order valence-corrected chi connectivity index (χ2v) is 10.8. The summed E-state index contributed by atoms with van der Waals surface area (Å²) in [6.07, 6.45) is -4.75. The van der Waals surface area contributed by atoms with Crippen molar-refractivity contribution in [3.05, 3.63) is 60.2 Å². The first kappa shape index (κ1) is 30.3. The van der Waals surface area contributed by atoms with Crippen molar-refractivity contribution in [2.24, 2.45) is 0 Å². The van der Waals surface area contributed by atoms with E-state index in [0.29, 0.717) is 4.99 Å². The Morgan fingerprint density at radius 2 is 1.41 bits per heavy atom. The minimum absolute atomic E-state index is 0.309. The fraction of sp³-hybridized carbons (Fsp3) is 0.393. The largest absolute Gasteiger partial charge is 0.463 e. The summed E-state index contributed by atoms with van der Waals surface area (Å²) in [7, 11) is 0. The number of fused-ring (bicyclic) bond motifs is 1. The topological polar surface area (TPSA) is 130 Å². The third kappa shape index (κ3) is 7.34. The lowest BCUT2D eigenvalue weighted by atomic mass is 9.99. The lowest BCUT2D eigenvalue weighted by Crippen LogP contribution is -2.62. The summed E-state index contributed by atoms with van der Waals surface area (Å²) >= 11 is 7.12. The molecule has 0 aliphatic carbocycles. The Balaban J connectivity index is 1.75. The zero-order valence-electron chi connectivity index (χ0n) is 22.8. The van der Waals surface area contributed by atoms with Gasteiger partial charge in [-0.1, -0.05) is 54.3 Å². The van der Waals surface area contributed by atoms with E-state index in [1.807, 2.05) is 59.5 Å². The molecule has 1 unspecified atom stereocenters. The van der Waals surface area contributed by atoms with Crippen molar-refractivity contribution in [2.75, 3.05) is 16.8 Å². The maximum atomic E-state index is 12.3. The summed E-state index contributed by atoms with van der Waals surface area (Å²) in [6, 6.07) is 17.0. The highest BCUT2D eigenvalue weighted by Gasteiger charge is 2.53. The van der Waals surface area contributed by atoms with Crippen LogP contribution in [0.15, 0.2) is 54.6 Å². The van der Waals surface area contributed by atoms with E-state index in [0.717, 1.165) is 16.9 Å². The Morgan fingerprint density at radius 3 is 2.05 bits per heavy atom. The molecular formula is C28H30N2O9S2. The summed E-state index contributed by atoms with van der Waals surface area (Å²) in [4.78, 5) is 50.6. The number of carbonyl (C=O) groups excluding carboxylic acids is 4. The number of hydrogen-bond donors (Lipinski definition) is 1. The van der Waals surface area contributed by atoms with Crippen LogP contribution in [0.1, 0.15) is 33.3 Å². The summed E-state index contributed by atoms with van der Waals surface area (Å²) in [5.74, 6) is -2.64. The molecular weight excluding hydrogens is 572 g/mol. The van der Waals surface area contributed by atoms with Gasteiger partial charge in [0.25, 0.3) is 0 Å². The van der Waals surface area contributed by atoms with Crippen LogP contribution in [0.25, 0.3) is 0 Å². The van der Waals surface area contributed by atoms with Gasteiger partial charge in [-0.05, 0) is 24.3 Å². The number of thiocarbonyl (C=S) groups is 1. The van der Waals surface area contributed by atoms with Crippen LogP contribution in [0.5, 0.6) is 0 Å². The van der Waals surface area contributed by atoms with E-state index in [9.17, 15) is 19.2 Å². The minimum atomic E-state index is -1.26. The molecule has 1 saturated heterocycles. The Bertz CT molecular complexity index is 1310. The van der Waals surface area contributed by atoms with Crippen LogP contribution in [-0.4, -0.2) is 70.8 Å². The molecule has 2 aromatic rings. The molecule has 13 heteroatoms. The van der Waals surface area contributed by atoms with E-state index in [1.54, 1.807) is 0 Å². The lowest BCUT2D eigenvalue weighted by Gasteiger charge is -2.46. The van der Waals surface area contributed by atoms with E-state index < -0.39 is 59.2 Å². The molecule has 11 nitrogen and oxygen atoms in total. The first-order valence-corrected chi connectivity index (χ1v) is 14.1. The fourth-order valence-electron chi connectivity index (χ4n) is 4.59. The zero-order valence-corrected chi connectivity index (χ0v) is 24.4.